The van der Waals surface area contributed by atoms with Crippen LogP contribution in [0.5, 0.6) is 11.5 Å². The molecule has 7 rings (SSSR count). The molecule has 0 amide bonds. The van der Waals surface area contributed by atoms with Gasteiger partial charge in [0.2, 0.25) is 0 Å². The standard InChI is InChI=1S/C42H42N4O4/c1-27-39-28(2)44-37-21-9-10-22-38(37)46-30(4)40(29(3)45-36-20-8-7-19-35(36)43-27)42(48)32-16-14-18-34(26-32)50-24-12-6-5-11-23-49-33-17-13-15-31(25-33)41(39)47/h7-10,13-22,25-26,43,46H,5-6,11-12,23-24H2,1-4H3/b39-27+,40-30+,44-28?,45-29?. The maximum atomic E-state index is 14.4. The number of nitrogens with one attached hydrogen (secondary N) is 2. The van der Waals surface area contributed by atoms with Crippen LogP contribution in [0.25, 0.3) is 0 Å². The van der Waals surface area contributed by atoms with Crippen LogP contribution in [0.4, 0.5) is 22.7 Å². The number of para-hydroxylation sites is 4. The molecule has 3 aliphatic heterocycles. The van der Waals surface area contributed by atoms with E-state index in [1.807, 2.05) is 100 Å². The summed E-state index contributed by atoms with van der Waals surface area (Å²) in [5.74, 6) is 0.925. The molecule has 0 atom stereocenters. The highest BCUT2D eigenvalue weighted by Crippen LogP contribution is 2.33. The second-order valence-electron chi connectivity index (χ2n) is 12.5. The number of carbonyl (C=O) groups excluding carboxylic acids is 2. The molecule has 0 aromatic heterocycles. The number of hydrogen-bond acceptors (Lipinski definition) is 8. The molecule has 2 N–H and O–H groups in total. The van der Waals surface area contributed by atoms with Crippen LogP contribution < -0.4 is 20.1 Å². The van der Waals surface area contributed by atoms with Crippen LogP contribution in [0.15, 0.2) is 130 Å². The van der Waals surface area contributed by atoms with E-state index in [1.54, 1.807) is 24.3 Å². The van der Waals surface area contributed by atoms with E-state index in [4.69, 9.17) is 19.5 Å². The molecule has 0 unspecified atom stereocenters. The van der Waals surface area contributed by atoms with Crippen molar-refractivity contribution in [2.45, 2.75) is 53.4 Å². The van der Waals surface area contributed by atoms with E-state index < -0.39 is 0 Å². The number of Topliss-reactive ketones (excluding diaryl/α,β-unsaturated/α-hetero) is 2. The quantitative estimate of drug-likeness (QED) is 0.194. The summed E-state index contributed by atoms with van der Waals surface area (Å²) in [5, 5.41) is 6.94. The lowest BCUT2D eigenvalue weighted by Gasteiger charge is -2.19. The van der Waals surface area contributed by atoms with Gasteiger partial charge in [0.15, 0.2) is 11.6 Å². The first-order valence-corrected chi connectivity index (χ1v) is 17.1. The van der Waals surface area contributed by atoms with Gasteiger partial charge in [0.05, 0.1) is 58.5 Å². The third-order valence-corrected chi connectivity index (χ3v) is 8.73. The molecule has 8 heteroatoms. The highest BCUT2D eigenvalue weighted by atomic mass is 16.5. The Morgan fingerprint density at radius 1 is 0.520 bits per heavy atom. The molecule has 4 aromatic rings. The fourth-order valence-corrected chi connectivity index (χ4v) is 6.25. The van der Waals surface area contributed by atoms with Crippen molar-refractivity contribution in [3.05, 3.63) is 131 Å². The molecule has 0 saturated carbocycles. The highest BCUT2D eigenvalue weighted by molar-refractivity contribution is 6.29. The van der Waals surface area contributed by atoms with Gasteiger partial charge in [-0.2, -0.15) is 0 Å². The van der Waals surface area contributed by atoms with Gasteiger partial charge in [-0.05, 0) is 102 Å². The highest BCUT2D eigenvalue weighted by Gasteiger charge is 2.23. The third kappa shape index (κ3) is 7.92. The number of allylic oxidation sites excluding steroid dienone is 4. The number of rotatable bonds is 0. The number of ketones is 2. The van der Waals surface area contributed by atoms with Gasteiger partial charge in [0.1, 0.15) is 11.5 Å². The minimum absolute atomic E-state index is 0.183. The van der Waals surface area contributed by atoms with Crippen molar-refractivity contribution in [3.8, 4) is 11.5 Å². The summed E-state index contributed by atoms with van der Waals surface area (Å²) in [4.78, 5) is 38.9. The fraction of sp³-hybridized carbons (Fsp3) is 0.238. The molecule has 0 fully saturated rings. The zero-order chi connectivity index (χ0) is 35.0. The Hall–Kier alpha value is -5.76. The first kappa shape index (κ1) is 34.1. The molecule has 6 bridgehead atoms. The molecular formula is C42H42N4O4. The summed E-state index contributed by atoms with van der Waals surface area (Å²) in [6.07, 6.45) is 3.72. The van der Waals surface area contributed by atoms with Crippen LogP contribution in [0.1, 0.15) is 74.1 Å². The Kier molecular flexibility index (Phi) is 10.7. The van der Waals surface area contributed by atoms with E-state index in [2.05, 4.69) is 10.6 Å². The molecule has 0 aliphatic carbocycles. The maximum Gasteiger partial charge on any atom is 0.196 e. The smallest absolute Gasteiger partial charge is 0.196 e. The van der Waals surface area contributed by atoms with Gasteiger partial charge in [-0.1, -0.05) is 48.5 Å². The van der Waals surface area contributed by atoms with Crippen LogP contribution in [-0.2, 0) is 0 Å². The number of aliphatic imine (C=N–C) groups is 2. The van der Waals surface area contributed by atoms with E-state index in [0.29, 0.717) is 92.6 Å². The van der Waals surface area contributed by atoms with Crippen molar-refractivity contribution in [2.24, 2.45) is 9.98 Å². The summed E-state index contributed by atoms with van der Waals surface area (Å²) < 4.78 is 12.2. The number of carbonyl (C=O) groups is 2. The Labute approximate surface area is 293 Å². The van der Waals surface area contributed by atoms with Gasteiger partial charge in [0.25, 0.3) is 0 Å². The predicted octanol–water partition coefficient (Wildman–Crippen LogP) is 10.1. The summed E-state index contributed by atoms with van der Waals surface area (Å²) in [5.41, 5.74) is 6.73. The van der Waals surface area contributed by atoms with Gasteiger partial charge in [-0.3, -0.25) is 19.6 Å². The molecule has 254 valence electrons. The molecule has 8 nitrogen and oxygen atoms in total. The topological polar surface area (TPSA) is 101 Å². The molecule has 3 aliphatic rings. The number of hydrogen-bond donors (Lipinski definition) is 2. The molecule has 50 heavy (non-hydrogen) atoms. The fourth-order valence-electron chi connectivity index (χ4n) is 6.25. The van der Waals surface area contributed by atoms with Gasteiger partial charge in [-0.25, -0.2) is 0 Å². The lowest BCUT2D eigenvalue weighted by Crippen LogP contribution is -2.18. The second kappa shape index (κ2) is 15.6. The van der Waals surface area contributed by atoms with Gasteiger partial charge in [-0.15, -0.1) is 0 Å². The predicted molar refractivity (Wildman–Crippen MR) is 202 cm³/mol. The normalized spacial score (nSPS) is 19.2. The van der Waals surface area contributed by atoms with Crippen LogP contribution in [0.2, 0.25) is 0 Å². The van der Waals surface area contributed by atoms with Crippen LogP contribution in [0, 0.1) is 0 Å². The van der Waals surface area contributed by atoms with Crippen LogP contribution in [0.3, 0.4) is 0 Å². The summed E-state index contributed by atoms with van der Waals surface area (Å²) in [6.45, 7) is 8.51. The van der Waals surface area contributed by atoms with Crippen LogP contribution >= 0.6 is 0 Å². The molecule has 0 saturated heterocycles. The Morgan fingerprint density at radius 3 is 1.38 bits per heavy atom. The third-order valence-electron chi connectivity index (χ3n) is 8.73. The van der Waals surface area contributed by atoms with Gasteiger partial charge >= 0.3 is 0 Å². The minimum Gasteiger partial charge on any atom is -0.494 e. The SMILES string of the molecule is CC1=Nc2ccccc2N/C(C)=C2/C(=O)c3cccc(c3)OCCCCCCOc3cccc(c3)C(=O)/C1=C(\C)Nc1ccccc1N=C2C. The van der Waals surface area contributed by atoms with Gasteiger partial charge < -0.3 is 20.1 Å². The Balaban J connectivity index is 1.57. The van der Waals surface area contributed by atoms with Crippen molar-refractivity contribution in [2.75, 3.05) is 23.8 Å². The number of fused-ring (bicyclic) bond motifs is 9. The summed E-state index contributed by atoms with van der Waals surface area (Å²) >= 11 is 0. The Morgan fingerprint density at radius 2 is 0.940 bits per heavy atom. The summed E-state index contributed by atoms with van der Waals surface area (Å²) in [7, 11) is 0. The largest absolute Gasteiger partial charge is 0.494 e. The number of benzene rings is 4. The van der Waals surface area contributed by atoms with Crippen molar-refractivity contribution < 1.29 is 19.1 Å². The van der Waals surface area contributed by atoms with Crippen molar-refractivity contribution in [3.63, 3.8) is 0 Å². The lowest BCUT2D eigenvalue weighted by molar-refractivity contribution is 0.103. The zero-order valence-corrected chi connectivity index (χ0v) is 29.0. The van der Waals surface area contributed by atoms with Gasteiger partial charge in [0, 0.05) is 22.5 Å². The molecule has 3 heterocycles. The average molecular weight is 667 g/mol. The van der Waals surface area contributed by atoms with E-state index in [1.165, 1.54) is 0 Å². The second-order valence-corrected chi connectivity index (χ2v) is 12.5. The van der Waals surface area contributed by atoms with E-state index in [0.717, 1.165) is 25.7 Å². The van der Waals surface area contributed by atoms with E-state index >= 15 is 0 Å². The minimum atomic E-state index is -0.183. The van der Waals surface area contributed by atoms with E-state index in [-0.39, 0.29) is 11.6 Å². The molecule has 0 spiro atoms. The maximum absolute atomic E-state index is 14.4. The average Bonchev–Trinajstić information content (AvgIpc) is 3.10. The van der Waals surface area contributed by atoms with Crippen molar-refractivity contribution in [1.29, 1.82) is 0 Å². The van der Waals surface area contributed by atoms with Crippen molar-refractivity contribution >= 4 is 45.7 Å². The number of ether oxygens (including phenoxy) is 2. The number of nitrogens with zero attached hydrogens (tertiary/aromatic N) is 2. The number of anilines is 2. The van der Waals surface area contributed by atoms with Crippen molar-refractivity contribution in [1.82, 2.24) is 0 Å². The summed E-state index contributed by atoms with van der Waals surface area (Å²) in [6, 6.07) is 29.8. The molecular weight excluding hydrogens is 624 g/mol. The zero-order valence-electron chi connectivity index (χ0n) is 29.0. The molecule has 4 aromatic carbocycles. The molecule has 0 radical (unpaired) electrons. The lowest BCUT2D eigenvalue weighted by atomic mass is 9.97. The van der Waals surface area contributed by atoms with Crippen LogP contribution in [-0.4, -0.2) is 36.2 Å². The first-order chi connectivity index (χ1) is 24.3. The first-order valence-electron chi connectivity index (χ1n) is 17.1. The van der Waals surface area contributed by atoms with E-state index in [9.17, 15) is 9.59 Å². The Bertz CT molecular complexity index is 1910. The monoisotopic (exact) mass is 666 g/mol.